The van der Waals surface area contributed by atoms with Crippen LogP contribution < -0.4 is 19.5 Å². The van der Waals surface area contributed by atoms with Gasteiger partial charge in [-0.05, 0) is 49.7 Å². The van der Waals surface area contributed by atoms with Crippen LogP contribution in [0.4, 0.5) is 5.69 Å². The zero-order chi connectivity index (χ0) is 22.0. The predicted octanol–water partition coefficient (Wildman–Crippen LogP) is 3.97. The van der Waals surface area contributed by atoms with Gasteiger partial charge in [-0.25, -0.2) is 0 Å². The van der Waals surface area contributed by atoms with Crippen molar-refractivity contribution in [3.8, 4) is 17.2 Å². The highest BCUT2D eigenvalue weighted by Gasteiger charge is 2.40. The number of hydrogen-bond acceptors (Lipinski definition) is 6. The molecule has 0 atom stereocenters. The summed E-state index contributed by atoms with van der Waals surface area (Å²) in [5.41, 5.74) is 1.51. The van der Waals surface area contributed by atoms with E-state index in [1.165, 1.54) is 26.2 Å². The van der Waals surface area contributed by atoms with Gasteiger partial charge in [-0.1, -0.05) is 17.7 Å². The van der Waals surface area contributed by atoms with Gasteiger partial charge in [0.1, 0.15) is 11.4 Å². The lowest BCUT2D eigenvalue weighted by Crippen LogP contribution is -2.38. The normalized spacial score (nSPS) is 13.9. The molecule has 0 spiro atoms. The molecule has 158 valence electrons. The fourth-order valence-corrected chi connectivity index (χ4v) is 3.54. The van der Waals surface area contributed by atoms with Crippen molar-refractivity contribution in [1.82, 2.24) is 4.90 Å². The first-order valence-electron chi connectivity index (χ1n) is 9.27. The van der Waals surface area contributed by atoms with E-state index in [1.54, 1.807) is 50.2 Å². The molecule has 1 aliphatic heterocycles. The number of carbonyl (C=O) groups excluding carboxylic acids is 2. The van der Waals surface area contributed by atoms with Crippen molar-refractivity contribution in [2.75, 3.05) is 26.6 Å². The monoisotopic (exact) mass is 430 g/mol. The molecule has 0 bridgehead atoms. The SMILES string of the molecule is COc1ccc(NC2=C(c3ccc(OC)c(OC)c3)C(=O)N(C(C)C)C2=O)cc1Cl. The molecule has 1 N–H and O–H groups in total. The molecule has 0 unspecified atom stereocenters. The van der Waals surface area contributed by atoms with Gasteiger partial charge in [-0.2, -0.15) is 0 Å². The number of carbonyl (C=O) groups is 2. The van der Waals surface area contributed by atoms with Gasteiger partial charge in [0.05, 0.1) is 31.9 Å². The maximum absolute atomic E-state index is 13.2. The number of anilines is 1. The van der Waals surface area contributed by atoms with Crippen LogP contribution in [0.25, 0.3) is 5.57 Å². The Bertz CT molecular complexity index is 1030. The molecule has 2 aromatic rings. The highest BCUT2D eigenvalue weighted by atomic mass is 35.5. The summed E-state index contributed by atoms with van der Waals surface area (Å²) in [6.45, 7) is 3.57. The summed E-state index contributed by atoms with van der Waals surface area (Å²) in [6, 6.07) is 9.82. The average molecular weight is 431 g/mol. The average Bonchev–Trinajstić information content (AvgIpc) is 2.97. The Kier molecular flexibility index (Phi) is 6.22. The Morgan fingerprint density at radius 1 is 0.867 bits per heavy atom. The number of amides is 2. The maximum Gasteiger partial charge on any atom is 0.278 e. The molecule has 30 heavy (non-hydrogen) atoms. The molecule has 8 heteroatoms. The molecule has 1 heterocycles. The van der Waals surface area contributed by atoms with Gasteiger partial charge < -0.3 is 19.5 Å². The van der Waals surface area contributed by atoms with Crippen molar-refractivity contribution < 1.29 is 23.8 Å². The highest BCUT2D eigenvalue weighted by molar-refractivity contribution is 6.37. The first kappa shape index (κ1) is 21.5. The lowest BCUT2D eigenvalue weighted by Gasteiger charge is -2.19. The summed E-state index contributed by atoms with van der Waals surface area (Å²) in [7, 11) is 4.56. The fraction of sp³-hybridized carbons (Fsp3) is 0.273. The van der Waals surface area contributed by atoms with Gasteiger partial charge in [0.15, 0.2) is 11.5 Å². The summed E-state index contributed by atoms with van der Waals surface area (Å²) < 4.78 is 15.8. The van der Waals surface area contributed by atoms with Crippen molar-refractivity contribution in [2.45, 2.75) is 19.9 Å². The molecule has 3 rings (SSSR count). The molecule has 0 saturated heterocycles. The fourth-order valence-electron chi connectivity index (χ4n) is 3.28. The largest absolute Gasteiger partial charge is 0.495 e. The Hall–Kier alpha value is -3.19. The number of imide groups is 1. The maximum atomic E-state index is 13.2. The third kappa shape index (κ3) is 3.80. The molecule has 0 fully saturated rings. The Morgan fingerprint density at radius 3 is 2.07 bits per heavy atom. The number of hydrogen-bond donors (Lipinski definition) is 1. The first-order chi connectivity index (χ1) is 14.3. The second-order valence-corrected chi connectivity index (χ2v) is 7.28. The van der Waals surface area contributed by atoms with Gasteiger partial charge in [0.2, 0.25) is 0 Å². The molecule has 1 aliphatic rings. The van der Waals surface area contributed by atoms with Crippen molar-refractivity contribution in [2.24, 2.45) is 0 Å². The zero-order valence-electron chi connectivity index (χ0n) is 17.4. The summed E-state index contributed by atoms with van der Waals surface area (Å²) in [6.07, 6.45) is 0. The number of rotatable bonds is 7. The minimum Gasteiger partial charge on any atom is -0.495 e. The molecule has 2 amide bonds. The number of halogens is 1. The summed E-state index contributed by atoms with van der Waals surface area (Å²) >= 11 is 6.21. The Balaban J connectivity index is 2.12. The van der Waals surface area contributed by atoms with Gasteiger partial charge in [-0.3, -0.25) is 14.5 Å². The predicted molar refractivity (Wildman–Crippen MR) is 115 cm³/mol. The number of ether oxygens (including phenoxy) is 3. The number of methoxy groups -OCH3 is 3. The second-order valence-electron chi connectivity index (χ2n) is 6.87. The van der Waals surface area contributed by atoms with Crippen LogP contribution in [0.15, 0.2) is 42.1 Å². The molecule has 7 nitrogen and oxygen atoms in total. The van der Waals surface area contributed by atoms with Crippen LogP contribution in [-0.4, -0.2) is 44.1 Å². The van der Waals surface area contributed by atoms with Gasteiger partial charge in [0, 0.05) is 11.7 Å². The van der Waals surface area contributed by atoms with Crippen LogP contribution in [-0.2, 0) is 9.59 Å². The van der Waals surface area contributed by atoms with Crippen LogP contribution in [0.5, 0.6) is 17.2 Å². The second kappa shape index (κ2) is 8.67. The molecule has 0 saturated carbocycles. The lowest BCUT2D eigenvalue weighted by atomic mass is 10.0. The van der Waals surface area contributed by atoms with E-state index in [2.05, 4.69) is 5.32 Å². The Labute approximate surface area is 180 Å². The van der Waals surface area contributed by atoms with E-state index >= 15 is 0 Å². The van der Waals surface area contributed by atoms with Crippen molar-refractivity contribution in [3.05, 3.63) is 52.7 Å². The van der Waals surface area contributed by atoms with Crippen LogP contribution in [0.1, 0.15) is 19.4 Å². The van der Waals surface area contributed by atoms with E-state index < -0.39 is 5.91 Å². The highest BCUT2D eigenvalue weighted by Crippen LogP contribution is 2.37. The number of nitrogens with one attached hydrogen (secondary N) is 1. The summed E-state index contributed by atoms with van der Waals surface area (Å²) in [5, 5.41) is 3.45. The third-order valence-electron chi connectivity index (χ3n) is 4.73. The lowest BCUT2D eigenvalue weighted by molar-refractivity contribution is -0.138. The van der Waals surface area contributed by atoms with Crippen LogP contribution in [0, 0.1) is 0 Å². The molecule has 0 aromatic heterocycles. The minimum atomic E-state index is -0.410. The third-order valence-corrected chi connectivity index (χ3v) is 5.02. The van der Waals surface area contributed by atoms with Crippen LogP contribution >= 0.6 is 11.6 Å². The van der Waals surface area contributed by atoms with Gasteiger partial charge >= 0.3 is 0 Å². The van der Waals surface area contributed by atoms with E-state index in [1.807, 2.05) is 0 Å². The van der Waals surface area contributed by atoms with Crippen LogP contribution in [0.2, 0.25) is 5.02 Å². The van der Waals surface area contributed by atoms with Crippen molar-refractivity contribution >= 4 is 34.7 Å². The van der Waals surface area contributed by atoms with Crippen molar-refractivity contribution in [1.29, 1.82) is 0 Å². The number of benzene rings is 2. The summed E-state index contributed by atoms with van der Waals surface area (Å²) in [5.74, 6) is 0.693. The standard InChI is InChI=1S/C22H23ClN2O5/c1-12(2)25-21(26)19(13-6-8-17(29-4)18(10-13)30-5)20(22(25)27)24-14-7-9-16(28-3)15(23)11-14/h6-12,24H,1-5H3. The molecule has 0 radical (unpaired) electrons. The van der Waals surface area contributed by atoms with E-state index in [-0.39, 0.29) is 23.2 Å². The number of nitrogens with zero attached hydrogens (tertiary/aromatic N) is 1. The van der Waals surface area contributed by atoms with E-state index in [0.717, 1.165) is 0 Å². The Morgan fingerprint density at radius 2 is 1.50 bits per heavy atom. The zero-order valence-corrected chi connectivity index (χ0v) is 18.2. The van der Waals surface area contributed by atoms with E-state index in [9.17, 15) is 9.59 Å². The minimum absolute atomic E-state index is 0.169. The molecular weight excluding hydrogens is 408 g/mol. The van der Waals surface area contributed by atoms with Gasteiger partial charge in [0.25, 0.3) is 11.8 Å². The van der Waals surface area contributed by atoms with Crippen LogP contribution in [0.3, 0.4) is 0 Å². The quantitative estimate of drug-likeness (QED) is 0.670. The van der Waals surface area contributed by atoms with Gasteiger partial charge in [-0.15, -0.1) is 0 Å². The molecule has 0 aliphatic carbocycles. The topological polar surface area (TPSA) is 77.1 Å². The first-order valence-corrected chi connectivity index (χ1v) is 9.65. The molecular formula is C22H23ClN2O5. The van der Waals surface area contributed by atoms with E-state index in [4.69, 9.17) is 25.8 Å². The molecule has 2 aromatic carbocycles. The van der Waals surface area contributed by atoms with E-state index in [0.29, 0.717) is 33.5 Å². The summed E-state index contributed by atoms with van der Waals surface area (Å²) in [4.78, 5) is 27.5. The van der Waals surface area contributed by atoms with Crippen molar-refractivity contribution in [3.63, 3.8) is 0 Å². The smallest absolute Gasteiger partial charge is 0.278 e.